The van der Waals surface area contributed by atoms with Crippen molar-refractivity contribution < 1.29 is 14.3 Å². The molecule has 0 fully saturated rings. The second kappa shape index (κ2) is 9.86. The standard InChI is InChI=1S/C23H22ClN3O3/c1-3-30-22-12-19(24)16(11-21(22)29-2)10-17(13-25)23(28)26-9-8-15-14-27-20-7-5-4-6-18(15)20/h4-7,10-12,14,27H,3,8-9H2,1-2H3,(H,26,28)/b17-10-. The molecule has 0 unspecified atom stereocenters. The maximum Gasteiger partial charge on any atom is 0.261 e. The lowest BCUT2D eigenvalue weighted by molar-refractivity contribution is -0.117. The van der Waals surface area contributed by atoms with Crippen LogP contribution in [-0.4, -0.2) is 31.2 Å². The Hall–Kier alpha value is -3.43. The van der Waals surface area contributed by atoms with Crippen molar-refractivity contribution in [1.29, 1.82) is 5.26 Å². The van der Waals surface area contributed by atoms with Gasteiger partial charge in [-0.3, -0.25) is 4.79 Å². The summed E-state index contributed by atoms with van der Waals surface area (Å²) in [4.78, 5) is 15.7. The summed E-state index contributed by atoms with van der Waals surface area (Å²) in [7, 11) is 1.52. The molecule has 0 aliphatic carbocycles. The molecular formula is C23H22ClN3O3. The van der Waals surface area contributed by atoms with E-state index in [1.807, 2.05) is 43.5 Å². The number of nitriles is 1. The Kier molecular flexibility index (Phi) is 6.99. The number of nitrogens with one attached hydrogen (secondary N) is 2. The van der Waals surface area contributed by atoms with E-state index in [4.69, 9.17) is 21.1 Å². The van der Waals surface area contributed by atoms with Crippen LogP contribution in [0.3, 0.4) is 0 Å². The summed E-state index contributed by atoms with van der Waals surface area (Å²) in [6, 6.07) is 13.2. The number of carbonyl (C=O) groups is 1. The van der Waals surface area contributed by atoms with Crippen LogP contribution in [0.15, 0.2) is 48.2 Å². The van der Waals surface area contributed by atoms with Gasteiger partial charge in [0.15, 0.2) is 11.5 Å². The summed E-state index contributed by atoms with van der Waals surface area (Å²) in [6.45, 7) is 2.72. The molecule has 0 radical (unpaired) electrons. The van der Waals surface area contributed by atoms with Gasteiger partial charge < -0.3 is 19.8 Å². The highest BCUT2D eigenvalue weighted by atomic mass is 35.5. The molecule has 0 aliphatic rings. The second-order valence-electron chi connectivity index (χ2n) is 6.49. The molecule has 0 aliphatic heterocycles. The second-order valence-corrected chi connectivity index (χ2v) is 6.90. The van der Waals surface area contributed by atoms with E-state index in [0.29, 0.717) is 41.7 Å². The number of halogens is 1. The molecule has 2 N–H and O–H groups in total. The highest BCUT2D eigenvalue weighted by Crippen LogP contribution is 2.34. The molecule has 1 aromatic heterocycles. The SMILES string of the molecule is CCOc1cc(Cl)c(/C=C(/C#N)C(=O)NCCc2c[nH]c3ccccc23)cc1OC. The van der Waals surface area contributed by atoms with Crippen molar-refractivity contribution in [3.8, 4) is 17.6 Å². The first kappa shape index (κ1) is 21.3. The first-order valence-corrected chi connectivity index (χ1v) is 9.90. The Morgan fingerprint density at radius 2 is 2.10 bits per heavy atom. The van der Waals surface area contributed by atoms with Crippen molar-refractivity contribution in [3.05, 3.63) is 64.3 Å². The summed E-state index contributed by atoms with van der Waals surface area (Å²) < 4.78 is 10.8. The van der Waals surface area contributed by atoms with E-state index in [1.165, 1.54) is 13.2 Å². The fourth-order valence-electron chi connectivity index (χ4n) is 3.14. The lowest BCUT2D eigenvalue weighted by Crippen LogP contribution is -2.26. The number of fused-ring (bicyclic) bond motifs is 1. The number of aromatic amines is 1. The number of carbonyl (C=O) groups excluding carboxylic acids is 1. The van der Waals surface area contributed by atoms with Crippen LogP contribution in [0.25, 0.3) is 17.0 Å². The lowest BCUT2D eigenvalue weighted by Gasteiger charge is -2.11. The molecule has 3 aromatic rings. The van der Waals surface area contributed by atoms with Gasteiger partial charge in [0, 0.05) is 29.7 Å². The first-order valence-electron chi connectivity index (χ1n) is 9.52. The predicted octanol–water partition coefficient (Wildman–Crippen LogP) is 4.49. The third-order valence-corrected chi connectivity index (χ3v) is 4.93. The molecule has 1 amide bonds. The Morgan fingerprint density at radius 1 is 1.30 bits per heavy atom. The summed E-state index contributed by atoms with van der Waals surface area (Å²) in [6.07, 6.45) is 4.03. The van der Waals surface area contributed by atoms with Crippen LogP contribution < -0.4 is 14.8 Å². The molecule has 0 atom stereocenters. The van der Waals surface area contributed by atoms with E-state index < -0.39 is 5.91 Å². The van der Waals surface area contributed by atoms with Crippen LogP contribution in [0.4, 0.5) is 0 Å². The molecule has 0 saturated heterocycles. The van der Waals surface area contributed by atoms with Gasteiger partial charge in [0.1, 0.15) is 11.6 Å². The number of ether oxygens (including phenoxy) is 2. The fourth-order valence-corrected chi connectivity index (χ4v) is 3.35. The minimum atomic E-state index is -0.457. The molecule has 6 nitrogen and oxygen atoms in total. The van der Waals surface area contributed by atoms with Gasteiger partial charge in [0.2, 0.25) is 0 Å². The van der Waals surface area contributed by atoms with E-state index in [2.05, 4.69) is 10.3 Å². The molecule has 7 heteroatoms. The molecule has 154 valence electrons. The van der Waals surface area contributed by atoms with E-state index in [0.717, 1.165) is 16.5 Å². The topological polar surface area (TPSA) is 87.1 Å². The number of methoxy groups -OCH3 is 1. The summed E-state index contributed by atoms with van der Waals surface area (Å²) in [5, 5.41) is 13.7. The van der Waals surface area contributed by atoms with E-state index in [-0.39, 0.29) is 5.57 Å². The largest absolute Gasteiger partial charge is 0.493 e. The molecule has 0 saturated carbocycles. The monoisotopic (exact) mass is 423 g/mol. The van der Waals surface area contributed by atoms with Crippen molar-refractivity contribution in [3.63, 3.8) is 0 Å². The van der Waals surface area contributed by atoms with Crippen LogP contribution in [0.1, 0.15) is 18.1 Å². The van der Waals surface area contributed by atoms with Gasteiger partial charge in [0.25, 0.3) is 5.91 Å². The number of aromatic nitrogens is 1. The zero-order valence-corrected chi connectivity index (χ0v) is 17.5. The van der Waals surface area contributed by atoms with E-state index in [1.54, 1.807) is 12.1 Å². The molecule has 0 spiro atoms. The molecular weight excluding hydrogens is 402 g/mol. The van der Waals surface area contributed by atoms with Crippen LogP contribution in [0.5, 0.6) is 11.5 Å². The molecule has 2 aromatic carbocycles. The van der Waals surface area contributed by atoms with Gasteiger partial charge in [0.05, 0.1) is 18.7 Å². The van der Waals surface area contributed by atoms with Crippen LogP contribution in [0, 0.1) is 11.3 Å². The van der Waals surface area contributed by atoms with Gasteiger partial charge in [-0.05, 0) is 42.7 Å². The molecule has 3 rings (SSSR count). The normalized spacial score (nSPS) is 11.2. The highest BCUT2D eigenvalue weighted by molar-refractivity contribution is 6.32. The van der Waals surface area contributed by atoms with Gasteiger partial charge >= 0.3 is 0 Å². The van der Waals surface area contributed by atoms with Crippen molar-refractivity contribution in [1.82, 2.24) is 10.3 Å². The number of rotatable bonds is 8. The molecule has 0 bridgehead atoms. The number of nitrogens with zero attached hydrogens (tertiary/aromatic N) is 1. The lowest BCUT2D eigenvalue weighted by atomic mass is 10.1. The summed E-state index contributed by atoms with van der Waals surface area (Å²) >= 11 is 6.30. The van der Waals surface area contributed by atoms with E-state index >= 15 is 0 Å². The van der Waals surface area contributed by atoms with Crippen molar-refractivity contribution in [2.24, 2.45) is 0 Å². The van der Waals surface area contributed by atoms with Gasteiger partial charge in [-0.2, -0.15) is 5.26 Å². The Labute approximate surface area is 180 Å². The maximum atomic E-state index is 12.5. The Bertz CT molecular complexity index is 1130. The number of para-hydroxylation sites is 1. The Morgan fingerprint density at radius 3 is 2.83 bits per heavy atom. The number of hydrogen-bond donors (Lipinski definition) is 2. The third-order valence-electron chi connectivity index (χ3n) is 4.60. The van der Waals surface area contributed by atoms with E-state index in [9.17, 15) is 10.1 Å². The van der Waals surface area contributed by atoms with Gasteiger partial charge in [-0.25, -0.2) is 0 Å². The van der Waals surface area contributed by atoms with Gasteiger partial charge in [-0.15, -0.1) is 0 Å². The first-order chi connectivity index (χ1) is 14.6. The number of amides is 1. The fraction of sp³-hybridized carbons (Fsp3) is 0.217. The summed E-state index contributed by atoms with van der Waals surface area (Å²) in [5.74, 6) is 0.523. The zero-order valence-electron chi connectivity index (χ0n) is 16.8. The minimum Gasteiger partial charge on any atom is -0.493 e. The number of benzene rings is 2. The maximum absolute atomic E-state index is 12.5. The van der Waals surface area contributed by atoms with Crippen molar-refractivity contribution in [2.45, 2.75) is 13.3 Å². The number of H-pyrrole nitrogens is 1. The van der Waals surface area contributed by atoms with Gasteiger partial charge in [-0.1, -0.05) is 29.8 Å². The molecule has 1 heterocycles. The zero-order chi connectivity index (χ0) is 21.5. The Balaban J connectivity index is 1.71. The molecule has 30 heavy (non-hydrogen) atoms. The quantitative estimate of drug-likeness (QED) is 0.412. The third kappa shape index (κ3) is 4.76. The van der Waals surface area contributed by atoms with Crippen LogP contribution in [0.2, 0.25) is 5.02 Å². The van der Waals surface area contributed by atoms with Crippen LogP contribution >= 0.6 is 11.6 Å². The predicted molar refractivity (Wildman–Crippen MR) is 118 cm³/mol. The van der Waals surface area contributed by atoms with Crippen molar-refractivity contribution in [2.75, 3.05) is 20.3 Å². The smallest absolute Gasteiger partial charge is 0.261 e. The average molecular weight is 424 g/mol. The van der Waals surface area contributed by atoms with Crippen LogP contribution in [-0.2, 0) is 11.2 Å². The number of hydrogen-bond acceptors (Lipinski definition) is 4. The minimum absolute atomic E-state index is 0.0398. The summed E-state index contributed by atoms with van der Waals surface area (Å²) in [5.41, 5.74) is 2.62. The highest BCUT2D eigenvalue weighted by Gasteiger charge is 2.13. The van der Waals surface area contributed by atoms with Crippen molar-refractivity contribution >= 4 is 34.5 Å². The average Bonchev–Trinajstić information content (AvgIpc) is 3.16.